The Balaban J connectivity index is 0. The lowest BCUT2D eigenvalue weighted by Gasteiger charge is -2.22. The number of hydrogen-bond donors (Lipinski definition) is 2. The van der Waals surface area contributed by atoms with Crippen LogP contribution in [0.25, 0.3) is 0 Å². The summed E-state index contributed by atoms with van der Waals surface area (Å²) in [6.45, 7) is 1.34. The lowest BCUT2D eigenvalue weighted by atomic mass is 10.1. The Labute approximate surface area is 133 Å². The zero-order valence-corrected chi connectivity index (χ0v) is 13.7. The second kappa shape index (κ2) is 12.0. The first-order chi connectivity index (χ1) is 8.63. The molecule has 4 nitrogen and oxygen atoms in total. The molecule has 0 spiro atoms. The maximum absolute atomic E-state index is 11.8. The second-order valence-corrected chi connectivity index (χ2v) is 4.69. The molecule has 1 rings (SSSR count). The molecular weight excluding hydrogens is 297 g/mol. The first-order valence-corrected chi connectivity index (χ1v) is 6.32. The van der Waals surface area contributed by atoms with Crippen LogP contribution in [0.2, 0.25) is 0 Å². The van der Waals surface area contributed by atoms with Crippen LogP contribution in [0, 0.1) is 0 Å². The topological polar surface area (TPSA) is 58.4 Å². The van der Waals surface area contributed by atoms with E-state index in [0.717, 1.165) is 18.5 Å². The van der Waals surface area contributed by atoms with Gasteiger partial charge in [-0.05, 0) is 32.6 Å². The third kappa shape index (κ3) is 8.38. The minimum absolute atomic E-state index is 0. The number of likely N-dealkylation sites (N-methyl/N-ethyl adjacent to an activating group) is 1. The van der Waals surface area contributed by atoms with Crippen molar-refractivity contribution in [3.8, 4) is 0 Å². The summed E-state index contributed by atoms with van der Waals surface area (Å²) in [6, 6.07) is 10.1. The molecule has 0 saturated heterocycles. The number of nitrogens with two attached hydrogens (primary N) is 1. The zero-order chi connectivity index (χ0) is 13.4. The summed E-state index contributed by atoms with van der Waals surface area (Å²) >= 11 is 0. The number of nitrogens with one attached hydrogen (secondary N) is 1. The third-order valence-electron chi connectivity index (χ3n) is 2.69. The summed E-state index contributed by atoms with van der Waals surface area (Å²) in [6.07, 6.45) is 1.22. The van der Waals surface area contributed by atoms with Gasteiger partial charge in [0.15, 0.2) is 0 Å². The first-order valence-electron chi connectivity index (χ1n) is 6.32. The molecule has 0 saturated carbocycles. The van der Waals surface area contributed by atoms with Gasteiger partial charge in [-0.2, -0.15) is 0 Å². The number of carbonyl (C=O) groups excluding carboxylic acids is 1. The van der Waals surface area contributed by atoms with Gasteiger partial charge in [-0.15, -0.1) is 24.8 Å². The van der Waals surface area contributed by atoms with E-state index in [1.165, 1.54) is 0 Å². The molecular formula is C14H25Cl2N3O. The summed E-state index contributed by atoms with van der Waals surface area (Å²) in [5.41, 5.74) is 6.54. The van der Waals surface area contributed by atoms with E-state index >= 15 is 0 Å². The van der Waals surface area contributed by atoms with E-state index in [9.17, 15) is 4.79 Å². The van der Waals surface area contributed by atoms with E-state index in [1.807, 2.05) is 44.4 Å². The summed E-state index contributed by atoms with van der Waals surface area (Å²) in [5.74, 6) is 0.0659. The molecule has 1 atom stereocenters. The van der Waals surface area contributed by atoms with E-state index in [2.05, 4.69) is 10.2 Å². The molecule has 0 aliphatic carbocycles. The van der Waals surface area contributed by atoms with Crippen molar-refractivity contribution in [2.75, 3.05) is 27.2 Å². The summed E-state index contributed by atoms with van der Waals surface area (Å²) < 4.78 is 0. The Hall–Kier alpha value is -0.810. The van der Waals surface area contributed by atoms with Gasteiger partial charge < -0.3 is 16.0 Å². The van der Waals surface area contributed by atoms with Crippen molar-refractivity contribution in [3.05, 3.63) is 35.9 Å². The number of rotatable bonds is 7. The SMILES string of the molecule is CN(C)CC(NC(=O)CCCN)c1ccccc1.Cl.Cl. The molecule has 0 aromatic heterocycles. The van der Waals surface area contributed by atoms with Gasteiger partial charge in [-0.25, -0.2) is 0 Å². The van der Waals surface area contributed by atoms with Crippen LogP contribution in [0.3, 0.4) is 0 Å². The maximum atomic E-state index is 11.8. The predicted octanol–water partition coefficient (Wildman–Crippen LogP) is 1.99. The Morgan fingerprint density at radius 3 is 2.35 bits per heavy atom. The van der Waals surface area contributed by atoms with E-state index in [1.54, 1.807) is 0 Å². The minimum Gasteiger partial charge on any atom is -0.348 e. The molecule has 3 N–H and O–H groups in total. The normalized spacial score (nSPS) is 11.2. The summed E-state index contributed by atoms with van der Waals surface area (Å²) in [4.78, 5) is 13.9. The van der Waals surface area contributed by atoms with Gasteiger partial charge in [-0.1, -0.05) is 30.3 Å². The Morgan fingerprint density at radius 2 is 1.85 bits per heavy atom. The molecule has 20 heavy (non-hydrogen) atoms. The molecule has 1 unspecified atom stereocenters. The Kier molecular flexibility index (Phi) is 12.9. The highest BCUT2D eigenvalue weighted by atomic mass is 35.5. The molecule has 1 amide bonds. The van der Waals surface area contributed by atoms with Crippen molar-refractivity contribution in [1.29, 1.82) is 0 Å². The van der Waals surface area contributed by atoms with Crippen LogP contribution in [0.5, 0.6) is 0 Å². The van der Waals surface area contributed by atoms with Crippen molar-refractivity contribution < 1.29 is 4.79 Å². The quantitative estimate of drug-likeness (QED) is 0.807. The number of amides is 1. The molecule has 116 valence electrons. The van der Waals surface area contributed by atoms with E-state index in [-0.39, 0.29) is 36.8 Å². The molecule has 0 heterocycles. The highest BCUT2D eigenvalue weighted by molar-refractivity contribution is 5.85. The standard InChI is InChI=1S/C14H23N3O.2ClH/c1-17(2)11-13(12-7-4-3-5-8-12)16-14(18)9-6-10-15;;/h3-5,7-8,13H,6,9-11,15H2,1-2H3,(H,16,18);2*1H. The maximum Gasteiger partial charge on any atom is 0.220 e. The van der Waals surface area contributed by atoms with Gasteiger partial charge in [0.2, 0.25) is 5.91 Å². The van der Waals surface area contributed by atoms with Crippen LogP contribution in [0.4, 0.5) is 0 Å². The molecule has 0 aliphatic heterocycles. The summed E-state index contributed by atoms with van der Waals surface area (Å²) in [5, 5.41) is 3.06. The van der Waals surface area contributed by atoms with Gasteiger partial charge >= 0.3 is 0 Å². The molecule has 0 fully saturated rings. The second-order valence-electron chi connectivity index (χ2n) is 4.69. The van der Waals surface area contributed by atoms with Crippen molar-refractivity contribution in [3.63, 3.8) is 0 Å². The molecule has 0 bridgehead atoms. The lowest BCUT2D eigenvalue weighted by molar-refractivity contribution is -0.122. The molecule has 0 radical (unpaired) electrons. The highest BCUT2D eigenvalue weighted by Crippen LogP contribution is 2.13. The molecule has 1 aromatic rings. The largest absolute Gasteiger partial charge is 0.348 e. The zero-order valence-electron chi connectivity index (χ0n) is 12.0. The van der Waals surface area contributed by atoms with Crippen LogP contribution in [-0.2, 0) is 4.79 Å². The fraction of sp³-hybridized carbons (Fsp3) is 0.500. The van der Waals surface area contributed by atoms with Gasteiger partial charge in [0.05, 0.1) is 6.04 Å². The molecule has 6 heteroatoms. The Bertz CT molecular complexity index is 361. The van der Waals surface area contributed by atoms with Crippen molar-refractivity contribution in [2.24, 2.45) is 5.73 Å². The average molecular weight is 322 g/mol. The average Bonchev–Trinajstić information content (AvgIpc) is 2.36. The van der Waals surface area contributed by atoms with Crippen LogP contribution in [-0.4, -0.2) is 38.0 Å². The van der Waals surface area contributed by atoms with Gasteiger partial charge in [0.25, 0.3) is 0 Å². The van der Waals surface area contributed by atoms with Crippen molar-refractivity contribution in [2.45, 2.75) is 18.9 Å². The number of benzene rings is 1. The van der Waals surface area contributed by atoms with Crippen molar-refractivity contribution in [1.82, 2.24) is 10.2 Å². The Morgan fingerprint density at radius 1 is 1.25 bits per heavy atom. The fourth-order valence-corrected chi connectivity index (χ4v) is 1.81. The molecule has 1 aromatic carbocycles. The van der Waals surface area contributed by atoms with E-state index in [0.29, 0.717) is 13.0 Å². The van der Waals surface area contributed by atoms with Gasteiger partial charge in [0.1, 0.15) is 0 Å². The highest BCUT2D eigenvalue weighted by Gasteiger charge is 2.14. The lowest BCUT2D eigenvalue weighted by Crippen LogP contribution is -2.35. The number of halogens is 2. The summed E-state index contributed by atoms with van der Waals surface area (Å²) in [7, 11) is 4.00. The number of nitrogens with zero attached hydrogens (tertiary/aromatic N) is 1. The predicted molar refractivity (Wildman–Crippen MR) is 88.7 cm³/mol. The van der Waals surface area contributed by atoms with Gasteiger partial charge in [0, 0.05) is 13.0 Å². The number of carbonyl (C=O) groups is 1. The fourth-order valence-electron chi connectivity index (χ4n) is 1.81. The van der Waals surface area contributed by atoms with E-state index < -0.39 is 0 Å². The van der Waals surface area contributed by atoms with Crippen LogP contribution in [0.15, 0.2) is 30.3 Å². The van der Waals surface area contributed by atoms with Crippen molar-refractivity contribution >= 4 is 30.7 Å². The van der Waals surface area contributed by atoms with Crippen LogP contribution in [0.1, 0.15) is 24.4 Å². The van der Waals surface area contributed by atoms with E-state index in [4.69, 9.17) is 5.73 Å². The molecule has 0 aliphatic rings. The van der Waals surface area contributed by atoms with Crippen LogP contribution >= 0.6 is 24.8 Å². The first kappa shape index (κ1) is 21.5. The van der Waals surface area contributed by atoms with Crippen LogP contribution < -0.4 is 11.1 Å². The van der Waals surface area contributed by atoms with Gasteiger partial charge in [-0.3, -0.25) is 4.79 Å². The minimum atomic E-state index is 0. The monoisotopic (exact) mass is 321 g/mol. The number of hydrogen-bond acceptors (Lipinski definition) is 3. The third-order valence-corrected chi connectivity index (χ3v) is 2.69. The smallest absolute Gasteiger partial charge is 0.220 e.